The number of carbonyl (C=O) groups excluding carboxylic acids is 1. The van der Waals surface area contributed by atoms with E-state index in [1.807, 2.05) is 65.8 Å². The minimum atomic E-state index is -1.12. The quantitative estimate of drug-likeness (QED) is 0.630. The summed E-state index contributed by atoms with van der Waals surface area (Å²) in [5.74, 6) is -0.900. The van der Waals surface area contributed by atoms with Crippen LogP contribution < -0.4 is 5.32 Å². The molecule has 4 rings (SSSR count). The van der Waals surface area contributed by atoms with E-state index >= 15 is 0 Å². The Balaban J connectivity index is 2.03. The van der Waals surface area contributed by atoms with Crippen molar-refractivity contribution in [3.63, 3.8) is 0 Å². The third-order valence-electron chi connectivity index (χ3n) is 6.72. The zero-order valence-electron chi connectivity index (χ0n) is 19.8. The first-order chi connectivity index (χ1) is 15.0. The van der Waals surface area contributed by atoms with Gasteiger partial charge in [0.15, 0.2) is 6.10 Å². The zero-order valence-corrected chi connectivity index (χ0v) is 19.8. The number of aryl methyl sites for hydroxylation is 1. The van der Waals surface area contributed by atoms with E-state index in [4.69, 9.17) is 4.74 Å². The lowest BCUT2D eigenvalue weighted by molar-refractivity contribution is -0.160. The number of carboxylic acid groups (broad SMARTS) is 1. The van der Waals surface area contributed by atoms with Crippen molar-refractivity contribution in [2.45, 2.75) is 84.5 Å². The molecule has 1 heterocycles. The Morgan fingerprint density at radius 1 is 1.12 bits per heavy atom. The van der Waals surface area contributed by atoms with E-state index in [1.165, 1.54) is 0 Å². The molecule has 3 atom stereocenters. The molecule has 0 bridgehead atoms. The molecule has 0 aromatic heterocycles. The van der Waals surface area contributed by atoms with E-state index in [9.17, 15) is 14.7 Å². The molecule has 2 unspecified atom stereocenters. The van der Waals surface area contributed by atoms with Gasteiger partial charge in [-0.2, -0.15) is 0 Å². The van der Waals surface area contributed by atoms with E-state index in [2.05, 4.69) is 5.32 Å². The fourth-order valence-corrected chi connectivity index (χ4v) is 5.38. The molecule has 0 amide bonds. The van der Waals surface area contributed by atoms with Gasteiger partial charge in [0.1, 0.15) is 5.78 Å². The van der Waals surface area contributed by atoms with Gasteiger partial charge in [0, 0.05) is 23.7 Å². The number of carbonyl (C=O) groups is 2. The SMILES string of the molecule is Cc1ccc(-c2c(C)c3c(c(C)c2[C@H](OC(C)(C)C)C(=O)O)NC2CCCC(=O)C32)cc1. The number of anilines is 1. The van der Waals surface area contributed by atoms with Gasteiger partial charge < -0.3 is 15.2 Å². The van der Waals surface area contributed by atoms with Gasteiger partial charge in [0.2, 0.25) is 0 Å². The number of fused-ring (bicyclic) bond motifs is 3. The first-order valence-electron chi connectivity index (χ1n) is 11.4. The summed E-state index contributed by atoms with van der Waals surface area (Å²) in [6.07, 6.45) is 1.32. The molecule has 0 saturated heterocycles. The predicted molar refractivity (Wildman–Crippen MR) is 126 cm³/mol. The highest BCUT2D eigenvalue weighted by Crippen LogP contribution is 2.51. The molecular weight excluding hydrogens is 402 g/mol. The van der Waals surface area contributed by atoms with Crippen LogP contribution in [0.15, 0.2) is 24.3 Å². The number of benzene rings is 2. The molecule has 2 aromatic carbocycles. The second kappa shape index (κ2) is 8.04. The van der Waals surface area contributed by atoms with E-state index in [0.29, 0.717) is 12.0 Å². The number of ketones is 1. The van der Waals surface area contributed by atoms with Crippen molar-refractivity contribution in [1.29, 1.82) is 0 Å². The fourth-order valence-electron chi connectivity index (χ4n) is 5.38. The third-order valence-corrected chi connectivity index (χ3v) is 6.72. The van der Waals surface area contributed by atoms with Gasteiger partial charge in [0.05, 0.1) is 11.5 Å². The minimum Gasteiger partial charge on any atom is -0.479 e. The largest absolute Gasteiger partial charge is 0.479 e. The van der Waals surface area contributed by atoms with E-state index in [0.717, 1.165) is 51.9 Å². The van der Waals surface area contributed by atoms with Gasteiger partial charge in [0.25, 0.3) is 0 Å². The molecule has 32 heavy (non-hydrogen) atoms. The van der Waals surface area contributed by atoms with Crippen LogP contribution in [0.1, 0.15) is 79.9 Å². The van der Waals surface area contributed by atoms with Crippen LogP contribution in [0.4, 0.5) is 5.69 Å². The Labute approximate surface area is 190 Å². The maximum atomic E-state index is 13.0. The lowest BCUT2D eigenvalue weighted by Crippen LogP contribution is -2.31. The first kappa shape index (κ1) is 22.5. The molecular formula is C27H33NO4. The average molecular weight is 436 g/mol. The molecule has 5 heteroatoms. The van der Waals surface area contributed by atoms with Crippen LogP contribution in [0.2, 0.25) is 0 Å². The van der Waals surface area contributed by atoms with Crippen LogP contribution in [-0.4, -0.2) is 28.5 Å². The van der Waals surface area contributed by atoms with Crippen molar-refractivity contribution < 1.29 is 19.4 Å². The molecule has 0 radical (unpaired) electrons. The Kier molecular flexibility index (Phi) is 5.66. The number of nitrogens with one attached hydrogen (secondary N) is 1. The van der Waals surface area contributed by atoms with Crippen molar-refractivity contribution >= 4 is 17.4 Å². The second-order valence-electron chi connectivity index (χ2n) is 10.2. The molecule has 2 aliphatic rings. The minimum absolute atomic E-state index is 0.0802. The van der Waals surface area contributed by atoms with Gasteiger partial charge in [-0.15, -0.1) is 0 Å². The number of hydrogen-bond acceptors (Lipinski definition) is 4. The number of ether oxygens (including phenoxy) is 1. The number of carboxylic acids is 1. The summed E-state index contributed by atoms with van der Waals surface area (Å²) in [4.78, 5) is 25.4. The Morgan fingerprint density at radius 2 is 1.78 bits per heavy atom. The topological polar surface area (TPSA) is 75.6 Å². The van der Waals surface area contributed by atoms with Gasteiger partial charge >= 0.3 is 5.97 Å². The normalized spacial score (nSPS) is 21.0. The summed E-state index contributed by atoms with van der Waals surface area (Å²) in [6.45, 7) is 11.6. The number of Topliss-reactive ketones (excluding diaryl/α,β-unsaturated/α-hetero) is 1. The maximum absolute atomic E-state index is 13.0. The lowest BCUT2D eigenvalue weighted by Gasteiger charge is -2.30. The molecule has 0 spiro atoms. The highest BCUT2D eigenvalue weighted by Gasteiger charge is 2.44. The third kappa shape index (κ3) is 3.83. The number of hydrogen-bond donors (Lipinski definition) is 2. The monoisotopic (exact) mass is 435 g/mol. The molecule has 5 nitrogen and oxygen atoms in total. The maximum Gasteiger partial charge on any atom is 0.337 e. The van der Waals surface area contributed by atoms with Crippen LogP contribution in [0.25, 0.3) is 11.1 Å². The van der Waals surface area contributed by atoms with Crippen LogP contribution in [-0.2, 0) is 14.3 Å². The summed E-state index contributed by atoms with van der Waals surface area (Å²) in [6, 6.07) is 8.22. The van der Waals surface area contributed by atoms with Crippen LogP contribution in [0.3, 0.4) is 0 Å². The molecule has 1 saturated carbocycles. The summed E-state index contributed by atoms with van der Waals surface area (Å²) >= 11 is 0. The van der Waals surface area contributed by atoms with E-state index in [1.54, 1.807) is 0 Å². The molecule has 2 aromatic rings. The van der Waals surface area contributed by atoms with Crippen molar-refractivity contribution in [2.24, 2.45) is 0 Å². The van der Waals surface area contributed by atoms with Crippen molar-refractivity contribution in [2.75, 3.05) is 5.32 Å². The van der Waals surface area contributed by atoms with E-state index < -0.39 is 17.7 Å². The zero-order chi connectivity index (χ0) is 23.4. The van der Waals surface area contributed by atoms with Gasteiger partial charge in [-0.25, -0.2) is 4.79 Å². The number of rotatable bonds is 4. The van der Waals surface area contributed by atoms with E-state index in [-0.39, 0.29) is 17.7 Å². The fraction of sp³-hybridized carbons (Fsp3) is 0.481. The van der Waals surface area contributed by atoms with Gasteiger partial charge in [-0.3, -0.25) is 4.79 Å². The first-order valence-corrected chi connectivity index (χ1v) is 11.4. The summed E-state index contributed by atoms with van der Waals surface area (Å²) in [5, 5.41) is 13.8. The molecule has 1 aliphatic carbocycles. The van der Waals surface area contributed by atoms with Crippen LogP contribution in [0, 0.1) is 20.8 Å². The van der Waals surface area contributed by atoms with Gasteiger partial charge in [-0.05, 0) is 82.2 Å². The Morgan fingerprint density at radius 3 is 2.38 bits per heavy atom. The molecule has 1 fully saturated rings. The van der Waals surface area contributed by atoms with Crippen molar-refractivity contribution in [1.82, 2.24) is 0 Å². The average Bonchev–Trinajstić information content (AvgIpc) is 3.11. The highest BCUT2D eigenvalue weighted by atomic mass is 16.5. The molecule has 2 N–H and O–H groups in total. The summed E-state index contributed by atoms with van der Waals surface area (Å²) < 4.78 is 6.11. The van der Waals surface area contributed by atoms with Crippen molar-refractivity contribution in [3.8, 4) is 11.1 Å². The molecule has 1 aliphatic heterocycles. The number of aliphatic carboxylic acids is 1. The highest BCUT2D eigenvalue weighted by molar-refractivity contribution is 5.96. The Bertz CT molecular complexity index is 1080. The summed E-state index contributed by atoms with van der Waals surface area (Å²) in [7, 11) is 0. The van der Waals surface area contributed by atoms with Gasteiger partial charge in [-0.1, -0.05) is 29.8 Å². The smallest absolute Gasteiger partial charge is 0.337 e. The Hall–Kier alpha value is -2.66. The predicted octanol–water partition coefficient (Wildman–Crippen LogP) is 5.85. The molecule has 170 valence electrons. The van der Waals surface area contributed by atoms with Crippen molar-refractivity contribution in [3.05, 3.63) is 52.1 Å². The standard InChI is InChI=1S/C27H33NO4/c1-14-10-12-17(13-11-14)20-15(2)21-23-18(8-7-9-19(23)29)28-24(21)16(3)22(20)25(26(30)31)32-27(4,5)6/h10-13,18,23,25,28H,7-9H2,1-6H3,(H,30,31)/t18?,23?,25-/m0/s1. The lowest BCUT2D eigenvalue weighted by atomic mass is 9.76. The second-order valence-corrected chi connectivity index (χ2v) is 10.2. The summed E-state index contributed by atoms with van der Waals surface area (Å²) in [5.41, 5.74) is 6.79. The van der Waals surface area contributed by atoms with Crippen LogP contribution in [0.5, 0.6) is 0 Å². The van der Waals surface area contributed by atoms with Crippen LogP contribution >= 0.6 is 0 Å².